The van der Waals surface area contributed by atoms with Gasteiger partial charge in [-0.15, -0.1) is 0 Å². The molecule has 2 aromatic carbocycles. The SMILES string of the molecule is CC1CC1C(=O)Nc1ccc(C(=O)N2CCCC2c2nc3ccccc3[nH]2)cc1. The summed E-state index contributed by atoms with van der Waals surface area (Å²) >= 11 is 0. The van der Waals surface area contributed by atoms with E-state index in [-0.39, 0.29) is 23.8 Å². The van der Waals surface area contributed by atoms with Gasteiger partial charge in [0.25, 0.3) is 5.91 Å². The minimum atomic E-state index is -0.0365. The number of hydrogen-bond donors (Lipinski definition) is 2. The van der Waals surface area contributed by atoms with Gasteiger partial charge in [-0.05, 0) is 61.6 Å². The molecule has 2 aliphatic rings. The van der Waals surface area contributed by atoms with Crippen molar-refractivity contribution in [2.45, 2.75) is 32.2 Å². The van der Waals surface area contributed by atoms with E-state index >= 15 is 0 Å². The first kappa shape index (κ1) is 17.9. The zero-order valence-corrected chi connectivity index (χ0v) is 16.4. The summed E-state index contributed by atoms with van der Waals surface area (Å²) in [6.07, 6.45) is 2.82. The molecule has 3 unspecified atom stereocenters. The summed E-state index contributed by atoms with van der Waals surface area (Å²) in [6.45, 7) is 2.80. The molecule has 5 rings (SSSR count). The number of rotatable bonds is 4. The molecule has 148 valence electrons. The summed E-state index contributed by atoms with van der Waals surface area (Å²) < 4.78 is 0. The van der Waals surface area contributed by atoms with Crippen molar-refractivity contribution in [1.29, 1.82) is 0 Å². The summed E-state index contributed by atoms with van der Waals surface area (Å²) in [6, 6.07) is 15.1. The van der Waals surface area contributed by atoms with Crippen molar-refractivity contribution >= 4 is 28.5 Å². The number of anilines is 1. The zero-order valence-electron chi connectivity index (χ0n) is 16.4. The van der Waals surface area contributed by atoms with Gasteiger partial charge in [0.1, 0.15) is 5.82 Å². The van der Waals surface area contributed by atoms with Crippen molar-refractivity contribution in [1.82, 2.24) is 14.9 Å². The van der Waals surface area contributed by atoms with Crippen LogP contribution in [0.1, 0.15) is 48.4 Å². The largest absolute Gasteiger partial charge is 0.340 e. The summed E-state index contributed by atoms with van der Waals surface area (Å²) in [5.41, 5.74) is 3.28. The Kier molecular flexibility index (Phi) is 4.34. The Bertz CT molecular complexity index is 1040. The molecule has 2 fully saturated rings. The number of para-hydroxylation sites is 2. The lowest BCUT2D eigenvalue weighted by atomic mass is 10.1. The van der Waals surface area contributed by atoms with Crippen LogP contribution in [0.15, 0.2) is 48.5 Å². The third-order valence-electron chi connectivity index (χ3n) is 6.08. The first-order valence-electron chi connectivity index (χ1n) is 10.3. The lowest BCUT2D eigenvalue weighted by molar-refractivity contribution is -0.117. The van der Waals surface area contributed by atoms with Gasteiger partial charge < -0.3 is 15.2 Å². The number of carbonyl (C=O) groups excluding carboxylic acids is 2. The summed E-state index contributed by atoms with van der Waals surface area (Å²) in [5.74, 6) is 1.52. The topological polar surface area (TPSA) is 78.1 Å². The smallest absolute Gasteiger partial charge is 0.254 e. The summed E-state index contributed by atoms with van der Waals surface area (Å²) in [4.78, 5) is 35.2. The van der Waals surface area contributed by atoms with Crippen LogP contribution in [0.5, 0.6) is 0 Å². The predicted molar refractivity (Wildman–Crippen MR) is 111 cm³/mol. The van der Waals surface area contributed by atoms with Crippen LogP contribution < -0.4 is 5.32 Å². The molecule has 1 aromatic heterocycles. The average Bonchev–Trinajstić information content (AvgIpc) is 3.13. The van der Waals surface area contributed by atoms with E-state index < -0.39 is 0 Å². The average molecular weight is 388 g/mol. The maximum absolute atomic E-state index is 13.1. The van der Waals surface area contributed by atoms with Gasteiger partial charge in [0, 0.05) is 23.7 Å². The van der Waals surface area contributed by atoms with Crippen LogP contribution in [0.2, 0.25) is 0 Å². The van der Waals surface area contributed by atoms with Crippen molar-refractivity contribution in [2.75, 3.05) is 11.9 Å². The number of nitrogens with one attached hydrogen (secondary N) is 2. The Morgan fingerprint density at radius 2 is 1.90 bits per heavy atom. The summed E-state index contributed by atoms with van der Waals surface area (Å²) in [7, 11) is 0. The fourth-order valence-electron chi connectivity index (χ4n) is 4.21. The van der Waals surface area contributed by atoms with E-state index in [1.54, 1.807) is 12.1 Å². The van der Waals surface area contributed by atoms with Gasteiger partial charge in [0.2, 0.25) is 5.91 Å². The van der Waals surface area contributed by atoms with Gasteiger partial charge in [-0.2, -0.15) is 0 Å². The van der Waals surface area contributed by atoms with E-state index in [2.05, 4.69) is 17.2 Å². The standard InChI is InChI=1S/C23H24N4O2/c1-14-13-17(14)22(28)24-16-10-8-15(9-11-16)23(29)27-12-4-7-20(27)21-25-18-5-2-3-6-19(18)26-21/h2-3,5-6,8-11,14,17,20H,4,7,12-13H2,1H3,(H,24,28)(H,25,26). The van der Waals surface area contributed by atoms with Gasteiger partial charge in [0.05, 0.1) is 17.1 Å². The molecule has 3 aromatic rings. The Morgan fingerprint density at radius 1 is 1.14 bits per heavy atom. The third kappa shape index (κ3) is 3.39. The maximum Gasteiger partial charge on any atom is 0.254 e. The van der Waals surface area contributed by atoms with Crippen LogP contribution in [-0.2, 0) is 4.79 Å². The van der Waals surface area contributed by atoms with Crippen LogP contribution in [0.25, 0.3) is 11.0 Å². The van der Waals surface area contributed by atoms with E-state index in [0.717, 1.165) is 48.4 Å². The molecule has 2 N–H and O–H groups in total. The van der Waals surface area contributed by atoms with Gasteiger partial charge in [-0.1, -0.05) is 19.1 Å². The Morgan fingerprint density at radius 3 is 2.62 bits per heavy atom. The molecular formula is C23H24N4O2. The van der Waals surface area contributed by atoms with Gasteiger partial charge in [-0.3, -0.25) is 9.59 Å². The van der Waals surface area contributed by atoms with Crippen molar-refractivity contribution in [3.8, 4) is 0 Å². The minimum Gasteiger partial charge on any atom is -0.340 e. The number of benzene rings is 2. The Hall–Kier alpha value is -3.15. The number of likely N-dealkylation sites (tertiary alicyclic amines) is 1. The molecule has 29 heavy (non-hydrogen) atoms. The number of imidazole rings is 1. The minimum absolute atomic E-state index is 0.00153. The molecule has 1 aliphatic carbocycles. The molecule has 6 heteroatoms. The number of amides is 2. The number of aromatic nitrogens is 2. The van der Waals surface area contributed by atoms with E-state index in [1.165, 1.54) is 0 Å². The van der Waals surface area contributed by atoms with Crippen molar-refractivity contribution in [3.05, 3.63) is 59.9 Å². The predicted octanol–water partition coefficient (Wildman–Crippen LogP) is 4.13. The Balaban J connectivity index is 1.31. The van der Waals surface area contributed by atoms with Crippen LogP contribution >= 0.6 is 0 Å². The lowest BCUT2D eigenvalue weighted by Crippen LogP contribution is -2.31. The number of hydrogen-bond acceptors (Lipinski definition) is 3. The summed E-state index contributed by atoms with van der Waals surface area (Å²) in [5, 5.41) is 2.94. The maximum atomic E-state index is 13.1. The van der Waals surface area contributed by atoms with Crippen molar-refractivity contribution in [2.24, 2.45) is 11.8 Å². The van der Waals surface area contributed by atoms with E-state index in [9.17, 15) is 9.59 Å². The third-order valence-corrected chi connectivity index (χ3v) is 6.08. The first-order chi connectivity index (χ1) is 14.1. The molecule has 3 atom stereocenters. The second-order valence-electron chi connectivity index (χ2n) is 8.18. The van der Waals surface area contributed by atoms with Gasteiger partial charge in [0.15, 0.2) is 0 Å². The quantitative estimate of drug-likeness (QED) is 0.705. The van der Waals surface area contributed by atoms with E-state index in [1.807, 2.05) is 41.3 Å². The number of fused-ring (bicyclic) bond motifs is 1. The van der Waals surface area contributed by atoms with E-state index in [4.69, 9.17) is 4.98 Å². The molecule has 0 bridgehead atoms. The molecule has 2 heterocycles. The number of nitrogens with zero attached hydrogens (tertiary/aromatic N) is 2. The van der Waals surface area contributed by atoms with Gasteiger partial charge >= 0.3 is 0 Å². The lowest BCUT2D eigenvalue weighted by Gasteiger charge is -2.23. The molecule has 1 aliphatic heterocycles. The monoisotopic (exact) mass is 388 g/mol. The second-order valence-corrected chi connectivity index (χ2v) is 8.18. The highest BCUT2D eigenvalue weighted by Crippen LogP contribution is 2.38. The fourth-order valence-corrected chi connectivity index (χ4v) is 4.21. The first-order valence-corrected chi connectivity index (χ1v) is 10.3. The highest BCUT2D eigenvalue weighted by Gasteiger charge is 2.39. The molecule has 6 nitrogen and oxygen atoms in total. The normalized spacial score (nSPS) is 23.3. The molecular weight excluding hydrogens is 364 g/mol. The van der Waals surface area contributed by atoms with Crippen LogP contribution in [-0.4, -0.2) is 33.2 Å². The molecule has 1 saturated carbocycles. The number of H-pyrrole nitrogens is 1. The second kappa shape index (κ2) is 7.03. The molecule has 1 saturated heterocycles. The molecule has 2 amide bonds. The van der Waals surface area contributed by atoms with Crippen molar-refractivity contribution in [3.63, 3.8) is 0 Å². The Labute approximate surface area is 169 Å². The number of aromatic amines is 1. The number of carbonyl (C=O) groups is 2. The molecule has 0 spiro atoms. The zero-order chi connectivity index (χ0) is 20.0. The molecule has 0 radical (unpaired) electrons. The van der Waals surface area contributed by atoms with E-state index in [0.29, 0.717) is 11.5 Å². The van der Waals surface area contributed by atoms with Crippen molar-refractivity contribution < 1.29 is 9.59 Å². The van der Waals surface area contributed by atoms with Crippen LogP contribution in [0, 0.1) is 11.8 Å². The fraction of sp³-hybridized carbons (Fsp3) is 0.348. The van der Waals surface area contributed by atoms with Crippen LogP contribution in [0.4, 0.5) is 5.69 Å². The highest BCUT2D eigenvalue weighted by molar-refractivity contribution is 5.97. The van der Waals surface area contributed by atoms with Gasteiger partial charge in [-0.25, -0.2) is 4.98 Å². The van der Waals surface area contributed by atoms with Crippen LogP contribution in [0.3, 0.4) is 0 Å². The highest BCUT2D eigenvalue weighted by atomic mass is 16.2.